The predicted octanol–water partition coefficient (Wildman–Crippen LogP) is 2.52. The molecule has 1 amide bonds. The molecular formula is C14H18N2O2. The highest BCUT2D eigenvalue weighted by Crippen LogP contribution is 2.07. The Morgan fingerprint density at radius 1 is 1.44 bits per heavy atom. The minimum absolute atomic E-state index is 0.0394. The van der Waals surface area contributed by atoms with Crippen LogP contribution in [-0.4, -0.2) is 18.2 Å². The van der Waals surface area contributed by atoms with Crippen molar-refractivity contribution in [3.8, 4) is 5.75 Å². The first-order chi connectivity index (χ1) is 8.72. The highest BCUT2D eigenvalue weighted by molar-refractivity contribution is 5.84. The average molecular weight is 246 g/mol. The number of hydrogen-bond donors (Lipinski definition) is 1. The molecule has 0 atom stereocenters. The molecule has 0 saturated heterocycles. The summed E-state index contributed by atoms with van der Waals surface area (Å²) < 4.78 is 5.28. The summed E-state index contributed by atoms with van der Waals surface area (Å²) in [5, 5.41) is 3.96. The number of ether oxygens (including phenoxy) is 1. The van der Waals surface area contributed by atoms with E-state index in [2.05, 4.69) is 17.1 Å². The van der Waals surface area contributed by atoms with Gasteiger partial charge in [-0.25, -0.2) is 5.43 Å². The number of hydrazone groups is 1. The Morgan fingerprint density at radius 3 is 2.83 bits per heavy atom. The topological polar surface area (TPSA) is 50.7 Å². The number of allylic oxidation sites excluding steroid dienone is 1. The van der Waals surface area contributed by atoms with Crippen LogP contribution < -0.4 is 10.2 Å². The smallest absolute Gasteiger partial charge is 0.277 e. The second kappa shape index (κ2) is 8.06. The highest BCUT2D eigenvalue weighted by Gasteiger charge is 2.01. The van der Waals surface area contributed by atoms with Gasteiger partial charge in [-0.05, 0) is 31.9 Å². The lowest BCUT2D eigenvalue weighted by Crippen LogP contribution is -2.25. The lowest BCUT2D eigenvalue weighted by Gasteiger charge is -2.05. The molecule has 0 aliphatic carbocycles. The third kappa shape index (κ3) is 5.84. The van der Waals surface area contributed by atoms with Gasteiger partial charge in [0.25, 0.3) is 5.91 Å². The van der Waals surface area contributed by atoms with E-state index >= 15 is 0 Å². The zero-order valence-corrected chi connectivity index (χ0v) is 10.6. The van der Waals surface area contributed by atoms with Gasteiger partial charge in [-0.15, -0.1) is 6.58 Å². The van der Waals surface area contributed by atoms with Gasteiger partial charge in [0.05, 0.1) is 0 Å². The zero-order valence-electron chi connectivity index (χ0n) is 10.6. The van der Waals surface area contributed by atoms with E-state index < -0.39 is 0 Å². The van der Waals surface area contributed by atoms with Crippen molar-refractivity contribution < 1.29 is 9.53 Å². The van der Waals surface area contributed by atoms with E-state index in [1.54, 1.807) is 12.1 Å². The van der Waals surface area contributed by atoms with Gasteiger partial charge in [-0.1, -0.05) is 24.3 Å². The second-order valence-corrected chi connectivity index (χ2v) is 3.81. The first-order valence-corrected chi connectivity index (χ1v) is 5.83. The highest BCUT2D eigenvalue weighted by atomic mass is 16.5. The van der Waals surface area contributed by atoms with Crippen LogP contribution in [0.3, 0.4) is 0 Å². The second-order valence-electron chi connectivity index (χ2n) is 3.81. The maximum Gasteiger partial charge on any atom is 0.277 e. The molecule has 0 radical (unpaired) electrons. The Morgan fingerprint density at radius 2 is 2.17 bits per heavy atom. The van der Waals surface area contributed by atoms with Crippen molar-refractivity contribution in [2.24, 2.45) is 5.10 Å². The van der Waals surface area contributed by atoms with Crippen molar-refractivity contribution in [2.45, 2.75) is 19.8 Å². The molecule has 0 aliphatic rings. The van der Waals surface area contributed by atoms with E-state index in [-0.39, 0.29) is 12.5 Å². The summed E-state index contributed by atoms with van der Waals surface area (Å²) in [7, 11) is 0. The monoisotopic (exact) mass is 246 g/mol. The summed E-state index contributed by atoms with van der Waals surface area (Å²) in [4.78, 5) is 11.4. The van der Waals surface area contributed by atoms with Gasteiger partial charge in [-0.2, -0.15) is 5.10 Å². The predicted molar refractivity (Wildman–Crippen MR) is 72.6 cm³/mol. The fraction of sp³-hybridized carbons (Fsp3) is 0.286. The van der Waals surface area contributed by atoms with Gasteiger partial charge in [0.1, 0.15) is 5.75 Å². The number of para-hydroxylation sites is 1. The number of carbonyl (C=O) groups is 1. The van der Waals surface area contributed by atoms with Gasteiger partial charge in [0, 0.05) is 5.71 Å². The first-order valence-electron chi connectivity index (χ1n) is 5.83. The minimum atomic E-state index is -0.267. The third-order valence-corrected chi connectivity index (χ3v) is 2.19. The fourth-order valence-corrected chi connectivity index (χ4v) is 1.22. The van der Waals surface area contributed by atoms with Crippen LogP contribution in [0.25, 0.3) is 0 Å². The van der Waals surface area contributed by atoms with Crippen LogP contribution >= 0.6 is 0 Å². The van der Waals surface area contributed by atoms with Crippen LogP contribution in [0.2, 0.25) is 0 Å². The van der Waals surface area contributed by atoms with E-state index in [1.165, 1.54) is 0 Å². The van der Waals surface area contributed by atoms with E-state index in [0.29, 0.717) is 5.75 Å². The molecule has 96 valence electrons. The van der Waals surface area contributed by atoms with E-state index in [9.17, 15) is 4.79 Å². The maximum atomic E-state index is 11.4. The molecule has 0 aromatic heterocycles. The lowest BCUT2D eigenvalue weighted by atomic mass is 10.2. The summed E-state index contributed by atoms with van der Waals surface area (Å²) in [5.41, 5.74) is 3.32. The number of carbonyl (C=O) groups excluding carboxylic acids is 1. The van der Waals surface area contributed by atoms with Crippen LogP contribution in [0.1, 0.15) is 19.8 Å². The molecule has 0 saturated carbocycles. The summed E-state index contributed by atoms with van der Waals surface area (Å²) in [6.07, 6.45) is 3.47. The largest absolute Gasteiger partial charge is 0.484 e. The summed E-state index contributed by atoms with van der Waals surface area (Å²) in [6, 6.07) is 9.19. The molecule has 1 rings (SSSR count). The van der Waals surface area contributed by atoms with Crippen LogP contribution in [0.4, 0.5) is 0 Å². The molecule has 1 N–H and O–H groups in total. The number of amides is 1. The number of hydrogen-bond acceptors (Lipinski definition) is 3. The lowest BCUT2D eigenvalue weighted by molar-refractivity contribution is -0.123. The van der Waals surface area contributed by atoms with E-state index in [0.717, 1.165) is 18.6 Å². The Bertz CT molecular complexity index is 413. The Labute approximate surface area is 107 Å². The zero-order chi connectivity index (χ0) is 13.2. The van der Waals surface area contributed by atoms with Crippen molar-refractivity contribution >= 4 is 11.6 Å². The number of benzene rings is 1. The molecule has 18 heavy (non-hydrogen) atoms. The van der Waals surface area contributed by atoms with Crippen LogP contribution in [0, 0.1) is 0 Å². The summed E-state index contributed by atoms with van der Waals surface area (Å²) in [5.74, 6) is 0.400. The Kier molecular flexibility index (Phi) is 6.25. The Balaban J connectivity index is 2.27. The molecule has 0 spiro atoms. The van der Waals surface area contributed by atoms with Crippen molar-refractivity contribution in [2.75, 3.05) is 6.61 Å². The maximum absolute atomic E-state index is 11.4. The molecular weight excluding hydrogens is 228 g/mol. The number of nitrogens with zero attached hydrogens (tertiary/aromatic N) is 1. The minimum Gasteiger partial charge on any atom is -0.484 e. The molecule has 4 heteroatoms. The summed E-state index contributed by atoms with van der Waals surface area (Å²) in [6.45, 7) is 5.45. The van der Waals surface area contributed by atoms with E-state index in [4.69, 9.17) is 4.74 Å². The van der Waals surface area contributed by atoms with Crippen molar-refractivity contribution in [3.63, 3.8) is 0 Å². The van der Waals surface area contributed by atoms with Gasteiger partial charge >= 0.3 is 0 Å². The quantitative estimate of drug-likeness (QED) is 0.456. The van der Waals surface area contributed by atoms with Crippen LogP contribution in [0.15, 0.2) is 48.1 Å². The molecule has 0 aliphatic heterocycles. The Hall–Kier alpha value is -2.10. The van der Waals surface area contributed by atoms with Crippen LogP contribution in [-0.2, 0) is 4.79 Å². The van der Waals surface area contributed by atoms with Crippen LogP contribution in [0.5, 0.6) is 5.75 Å². The average Bonchev–Trinajstić information content (AvgIpc) is 2.41. The standard InChI is InChI=1S/C14H18N2O2/c1-3-4-8-12(2)15-16-14(17)11-18-13-9-6-5-7-10-13/h3,5-7,9-10H,1,4,8,11H2,2H3,(H,16,17)/b15-12+. The first kappa shape index (κ1) is 14.0. The van der Waals surface area contributed by atoms with Crippen molar-refractivity contribution in [1.82, 2.24) is 5.43 Å². The number of rotatable bonds is 7. The third-order valence-electron chi connectivity index (χ3n) is 2.19. The molecule has 0 unspecified atom stereocenters. The van der Waals surface area contributed by atoms with Gasteiger partial charge in [0.2, 0.25) is 0 Å². The molecule has 1 aromatic carbocycles. The van der Waals surface area contributed by atoms with Gasteiger partial charge < -0.3 is 4.74 Å². The van der Waals surface area contributed by atoms with Gasteiger partial charge in [0.15, 0.2) is 6.61 Å². The SMILES string of the molecule is C=CCC/C(C)=N/NC(=O)COc1ccccc1. The summed E-state index contributed by atoms with van der Waals surface area (Å²) >= 11 is 0. The fourth-order valence-electron chi connectivity index (χ4n) is 1.22. The van der Waals surface area contributed by atoms with Gasteiger partial charge in [-0.3, -0.25) is 4.79 Å². The number of nitrogens with one attached hydrogen (secondary N) is 1. The van der Waals surface area contributed by atoms with E-state index in [1.807, 2.05) is 31.2 Å². The molecule has 0 heterocycles. The molecule has 4 nitrogen and oxygen atoms in total. The molecule has 0 fully saturated rings. The molecule has 1 aromatic rings. The van der Waals surface area contributed by atoms with Crippen molar-refractivity contribution in [1.29, 1.82) is 0 Å². The normalized spacial score (nSPS) is 10.8. The van der Waals surface area contributed by atoms with Crippen molar-refractivity contribution in [3.05, 3.63) is 43.0 Å². The molecule has 0 bridgehead atoms.